The smallest absolute Gasteiger partial charge is 0.179 e. The first kappa shape index (κ1) is 11.1. The van der Waals surface area contributed by atoms with Crippen molar-refractivity contribution in [3.8, 4) is 0 Å². The minimum Gasteiger partial charge on any atom is -0.373 e. The summed E-state index contributed by atoms with van der Waals surface area (Å²) in [7, 11) is 0. The second-order valence-corrected chi connectivity index (χ2v) is 6.30. The van der Waals surface area contributed by atoms with E-state index in [2.05, 4.69) is 30.5 Å². The largest absolute Gasteiger partial charge is 0.373 e. The second kappa shape index (κ2) is 3.88. The molecule has 4 nitrogen and oxygen atoms in total. The van der Waals surface area contributed by atoms with E-state index in [0.717, 1.165) is 33.2 Å². The molecular formula is C12H12BrN3OS. The lowest BCUT2D eigenvalue weighted by Gasteiger charge is -2.20. The monoisotopic (exact) mass is 325 g/mol. The summed E-state index contributed by atoms with van der Waals surface area (Å²) in [6.07, 6.45) is 5.93. The Balaban J connectivity index is 1.90. The standard InChI is InChI=1S/C12H12BrN3OS/c13-6-3-8-11(14-5-6)16(12(18)15-8)9-4-7-1-2-10(9)17-7/h3,5,7,9-10H,1-2,4H2,(H,15,18). The van der Waals surface area contributed by atoms with Crippen LogP contribution in [0.1, 0.15) is 25.3 Å². The first-order valence-electron chi connectivity index (χ1n) is 6.13. The zero-order valence-corrected chi connectivity index (χ0v) is 12.0. The normalized spacial score (nSPS) is 30.4. The van der Waals surface area contributed by atoms with Crippen LogP contribution in [0.5, 0.6) is 0 Å². The molecule has 94 valence electrons. The molecule has 0 radical (unpaired) electrons. The Kier molecular flexibility index (Phi) is 2.40. The van der Waals surface area contributed by atoms with Crippen molar-refractivity contribution in [2.24, 2.45) is 0 Å². The summed E-state index contributed by atoms with van der Waals surface area (Å²) < 4.78 is 9.77. The highest BCUT2D eigenvalue weighted by molar-refractivity contribution is 9.10. The van der Waals surface area contributed by atoms with Gasteiger partial charge in [0.15, 0.2) is 10.4 Å². The number of halogens is 1. The summed E-state index contributed by atoms with van der Waals surface area (Å²) in [6, 6.07) is 2.36. The number of rotatable bonds is 1. The quantitative estimate of drug-likeness (QED) is 0.817. The van der Waals surface area contributed by atoms with Crippen LogP contribution < -0.4 is 0 Å². The first-order valence-corrected chi connectivity index (χ1v) is 7.34. The molecule has 3 atom stereocenters. The maximum Gasteiger partial charge on any atom is 0.179 e. The number of imidazole rings is 1. The summed E-state index contributed by atoms with van der Waals surface area (Å²) in [5.74, 6) is 0. The highest BCUT2D eigenvalue weighted by Gasteiger charge is 2.42. The van der Waals surface area contributed by atoms with E-state index < -0.39 is 0 Å². The number of hydrogen-bond donors (Lipinski definition) is 1. The van der Waals surface area contributed by atoms with Crippen LogP contribution in [0.25, 0.3) is 11.2 Å². The van der Waals surface area contributed by atoms with E-state index >= 15 is 0 Å². The molecule has 4 rings (SSSR count). The summed E-state index contributed by atoms with van der Waals surface area (Å²) in [5.41, 5.74) is 1.92. The summed E-state index contributed by atoms with van der Waals surface area (Å²) in [5, 5.41) is 0. The molecule has 0 aromatic carbocycles. The Morgan fingerprint density at radius 3 is 3.11 bits per heavy atom. The fourth-order valence-electron chi connectivity index (χ4n) is 3.18. The minimum atomic E-state index is 0.311. The highest BCUT2D eigenvalue weighted by atomic mass is 79.9. The molecule has 2 bridgehead atoms. The fourth-order valence-corrected chi connectivity index (χ4v) is 3.84. The van der Waals surface area contributed by atoms with E-state index in [0.29, 0.717) is 18.2 Å². The molecule has 2 aromatic heterocycles. The lowest BCUT2D eigenvalue weighted by atomic mass is 9.95. The van der Waals surface area contributed by atoms with Crippen LogP contribution in [0, 0.1) is 4.77 Å². The number of aromatic amines is 1. The van der Waals surface area contributed by atoms with Crippen LogP contribution in [0.4, 0.5) is 0 Å². The van der Waals surface area contributed by atoms with Gasteiger partial charge in [0.1, 0.15) is 0 Å². The van der Waals surface area contributed by atoms with Crippen molar-refractivity contribution in [1.29, 1.82) is 0 Å². The third-order valence-corrected chi connectivity index (χ3v) is 4.66. The Labute approximate surface area is 117 Å². The molecule has 2 fully saturated rings. The second-order valence-electron chi connectivity index (χ2n) is 5.00. The van der Waals surface area contributed by atoms with Crippen LogP contribution in [-0.4, -0.2) is 26.7 Å². The van der Waals surface area contributed by atoms with Gasteiger partial charge in [-0.1, -0.05) is 0 Å². The van der Waals surface area contributed by atoms with Crippen molar-refractivity contribution in [3.05, 3.63) is 21.5 Å². The molecule has 1 N–H and O–H groups in total. The van der Waals surface area contributed by atoms with Crippen molar-refractivity contribution in [2.45, 2.75) is 37.5 Å². The number of H-pyrrole nitrogens is 1. The van der Waals surface area contributed by atoms with Gasteiger partial charge in [-0.25, -0.2) is 4.98 Å². The Hall–Kier alpha value is -0.720. The van der Waals surface area contributed by atoms with Gasteiger partial charge < -0.3 is 9.72 Å². The number of nitrogens with one attached hydrogen (secondary N) is 1. The highest BCUT2D eigenvalue weighted by Crippen LogP contribution is 2.42. The maximum atomic E-state index is 5.92. The molecule has 18 heavy (non-hydrogen) atoms. The number of ether oxygens (including phenoxy) is 1. The van der Waals surface area contributed by atoms with Gasteiger partial charge in [0.25, 0.3) is 0 Å². The molecule has 0 spiro atoms. The van der Waals surface area contributed by atoms with Gasteiger partial charge in [-0.2, -0.15) is 0 Å². The predicted molar refractivity (Wildman–Crippen MR) is 74.2 cm³/mol. The number of fused-ring (bicyclic) bond motifs is 3. The lowest BCUT2D eigenvalue weighted by molar-refractivity contribution is 0.0941. The molecule has 0 aliphatic carbocycles. The van der Waals surface area contributed by atoms with Gasteiger partial charge in [-0.15, -0.1) is 0 Å². The molecule has 0 saturated carbocycles. The lowest BCUT2D eigenvalue weighted by Crippen LogP contribution is -2.21. The molecule has 2 aromatic rings. The van der Waals surface area contributed by atoms with Crippen molar-refractivity contribution in [1.82, 2.24) is 14.5 Å². The van der Waals surface area contributed by atoms with Gasteiger partial charge in [0.2, 0.25) is 0 Å². The van der Waals surface area contributed by atoms with Gasteiger partial charge in [-0.3, -0.25) is 4.57 Å². The molecule has 2 saturated heterocycles. The van der Waals surface area contributed by atoms with Gasteiger partial charge in [0, 0.05) is 10.7 Å². The minimum absolute atomic E-state index is 0.311. The zero-order valence-electron chi connectivity index (χ0n) is 9.60. The molecular weight excluding hydrogens is 314 g/mol. The fraction of sp³-hybridized carbons (Fsp3) is 0.500. The van der Waals surface area contributed by atoms with Crippen LogP contribution in [0.3, 0.4) is 0 Å². The average Bonchev–Trinajstić information content (AvgIpc) is 3.00. The molecule has 2 aliphatic rings. The number of pyridine rings is 1. The van der Waals surface area contributed by atoms with Crippen molar-refractivity contribution >= 4 is 39.3 Å². The third kappa shape index (κ3) is 1.52. The van der Waals surface area contributed by atoms with Gasteiger partial charge >= 0.3 is 0 Å². The van der Waals surface area contributed by atoms with Crippen molar-refractivity contribution in [3.63, 3.8) is 0 Å². The van der Waals surface area contributed by atoms with Crippen LogP contribution in [-0.2, 0) is 4.74 Å². The number of hydrogen-bond acceptors (Lipinski definition) is 3. The maximum absolute atomic E-state index is 5.92. The Morgan fingerprint density at radius 1 is 1.50 bits per heavy atom. The Bertz CT molecular complexity index is 680. The SMILES string of the molecule is S=c1[nH]c2cc(Br)cnc2n1C1CC2CCC1O2. The average molecular weight is 326 g/mol. The topological polar surface area (TPSA) is 42.8 Å². The van der Waals surface area contributed by atoms with E-state index in [9.17, 15) is 0 Å². The van der Waals surface area contributed by atoms with E-state index in [-0.39, 0.29) is 0 Å². The summed E-state index contributed by atoms with van der Waals surface area (Å²) in [6.45, 7) is 0. The molecule has 4 heterocycles. The van der Waals surface area contributed by atoms with Crippen molar-refractivity contribution in [2.75, 3.05) is 0 Å². The zero-order chi connectivity index (χ0) is 12.3. The molecule has 6 heteroatoms. The number of aromatic nitrogens is 3. The molecule has 3 unspecified atom stereocenters. The van der Waals surface area contributed by atoms with Gasteiger partial charge in [0.05, 0.1) is 23.8 Å². The van der Waals surface area contributed by atoms with E-state index in [1.54, 1.807) is 0 Å². The summed E-state index contributed by atoms with van der Waals surface area (Å²) >= 11 is 8.88. The van der Waals surface area contributed by atoms with Crippen LogP contribution in [0.15, 0.2) is 16.7 Å². The van der Waals surface area contributed by atoms with E-state index in [1.165, 1.54) is 6.42 Å². The van der Waals surface area contributed by atoms with E-state index in [1.807, 2.05) is 12.3 Å². The Morgan fingerprint density at radius 2 is 2.39 bits per heavy atom. The van der Waals surface area contributed by atoms with E-state index in [4.69, 9.17) is 17.0 Å². The summed E-state index contributed by atoms with van der Waals surface area (Å²) in [4.78, 5) is 7.73. The first-order chi connectivity index (χ1) is 8.72. The molecule has 0 amide bonds. The molecule has 2 aliphatic heterocycles. The van der Waals surface area contributed by atoms with Crippen molar-refractivity contribution < 1.29 is 4.74 Å². The van der Waals surface area contributed by atoms with Gasteiger partial charge in [-0.05, 0) is 53.5 Å². The van der Waals surface area contributed by atoms with Crippen LogP contribution >= 0.6 is 28.1 Å². The number of nitrogens with zero attached hydrogens (tertiary/aromatic N) is 2. The predicted octanol–water partition coefficient (Wildman–Crippen LogP) is 3.35. The third-order valence-electron chi connectivity index (χ3n) is 3.93. The van der Waals surface area contributed by atoms with Crippen LogP contribution in [0.2, 0.25) is 0 Å².